The van der Waals surface area contributed by atoms with E-state index in [2.05, 4.69) is 15.4 Å². The standard InChI is InChI=1S/C9H7N3O4/c13-6(14)3-4-1-2-5-8(11-12-10-5)7(4)9(15)16/h1-2H,3H2,(H,13,14)(H,15,16)(H,10,11,12). The highest BCUT2D eigenvalue weighted by atomic mass is 16.4. The van der Waals surface area contributed by atoms with Crippen molar-refractivity contribution in [2.24, 2.45) is 0 Å². The van der Waals surface area contributed by atoms with Crippen molar-refractivity contribution in [3.63, 3.8) is 0 Å². The second-order valence-corrected chi connectivity index (χ2v) is 3.17. The Kier molecular flexibility index (Phi) is 2.28. The zero-order chi connectivity index (χ0) is 11.7. The molecule has 7 nitrogen and oxygen atoms in total. The fourth-order valence-electron chi connectivity index (χ4n) is 1.50. The van der Waals surface area contributed by atoms with E-state index in [4.69, 9.17) is 10.2 Å². The van der Waals surface area contributed by atoms with Crippen LogP contribution in [0.15, 0.2) is 12.1 Å². The fourth-order valence-corrected chi connectivity index (χ4v) is 1.50. The Morgan fingerprint density at radius 1 is 1.25 bits per heavy atom. The molecule has 0 aliphatic carbocycles. The Labute approximate surface area is 88.7 Å². The number of aromatic nitrogens is 3. The molecule has 1 heterocycles. The Morgan fingerprint density at radius 2 is 2.00 bits per heavy atom. The van der Waals surface area contributed by atoms with Gasteiger partial charge in [0, 0.05) is 0 Å². The summed E-state index contributed by atoms with van der Waals surface area (Å²) < 4.78 is 0. The van der Waals surface area contributed by atoms with Crippen molar-refractivity contribution < 1.29 is 19.8 Å². The van der Waals surface area contributed by atoms with Gasteiger partial charge in [0.2, 0.25) is 0 Å². The van der Waals surface area contributed by atoms with Crippen LogP contribution in [-0.4, -0.2) is 37.6 Å². The Bertz CT molecular complexity index is 575. The second-order valence-electron chi connectivity index (χ2n) is 3.17. The smallest absolute Gasteiger partial charge is 0.338 e. The van der Waals surface area contributed by atoms with E-state index in [-0.39, 0.29) is 23.1 Å². The van der Waals surface area contributed by atoms with Crippen molar-refractivity contribution in [2.75, 3.05) is 0 Å². The Balaban J connectivity index is 2.68. The maximum atomic E-state index is 11.0. The maximum absolute atomic E-state index is 11.0. The van der Waals surface area contributed by atoms with Gasteiger partial charge in [0.05, 0.1) is 12.0 Å². The molecule has 0 aliphatic rings. The summed E-state index contributed by atoms with van der Waals surface area (Å²) in [5.41, 5.74) is 0.660. The molecule has 1 aromatic heterocycles. The number of nitrogens with one attached hydrogen (secondary N) is 1. The number of nitrogens with zero attached hydrogens (tertiary/aromatic N) is 2. The molecule has 0 atom stereocenters. The zero-order valence-electron chi connectivity index (χ0n) is 7.97. The van der Waals surface area contributed by atoms with E-state index in [1.54, 1.807) is 0 Å². The molecule has 7 heteroatoms. The van der Waals surface area contributed by atoms with Crippen LogP contribution in [0.3, 0.4) is 0 Å². The third kappa shape index (κ3) is 1.58. The number of H-pyrrole nitrogens is 1. The highest BCUT2D eigenvalue weighted by Crippen LogP contribution is 2.19. The van der Waals surface area contributed by atoms with Crippen molar-refractivity contribution in [3.05, 3.63) is 23.3 Å². The average molecular weight is 221 g/mol. The first kappa shape index (κ1) is 10.1. The Morgan fingerprint density at radius 3 is 2.62 bits per heavy atom. The van der Waals surface area contributed by atoms with Crippen molar-refractivity contribution in [3.8, 4) is 0 Å². The monoisotopic (exact) mass is 221 g/mol. The topological polar surface area (TPSA) is 116 Å². The van der Waals surface area contributed by atoms with Crippen LogP contribution in [0, 0.1) is 0 Å². The number of hydrogen-bond acceptors (Lipinski definition) is 4. The molecule has 2 aromatic rings. The van der Waals surface area contributed by atoms with E-state index >= 15 is 0 Å². The van der Waals surface area contributed by atoms with Gasteiger partial charge in [0.1, 0.15) is 11.0 Å². The highest BCUT2D eigenvalue weighted by Gasteiger charge is 2.18. The predicted molar refractivity (Wildman–Crippen MR) is 52.2 cm³/mol. The van der Waals surface area contributed by atoms with Gasteiger partial charge in [-0.25, -0.2) is 4.79 Å². The first-order valence-corrected chi connectivity index (χ1v) is 4.37. The lowest BCUT2D eigenvalue weighted by molar-refractivity contribution is -0.136. The first-order chi connectivity index (χ1) is 7.59. The van der Waals surface area contributed by atoms with Gasteiger partial charge in [-0.15, -0.1) is 0 Å². The fraction of sp³-hybridized carbons (Fsp3) is 0.111. The third-order valence-electron chi connectivity index (χ3n) is 2.13. The number of aromatic amines is 1. The number of carboxylic acid groups (broad SMARTS) is 2. The minimum Gasteiger partial charge on any atom is -0.481 e. The SMILES string of the molecule is O=C(O)Cc1ccc2n[nH]nc2c1C(=O)O. The van der Waals surface area contributed by atoms with Crippen LogP contribution in [0.2, 0.25) is 0 Å². The van der Waals surface area contributed by atoms with Crippen molar-refractivity contribution in [2.45, 2.75) is 6.42 Å². The number of hydrogen-bond donors (Lipinski definition) is 3. The molecule has 0 fully saturated rings. The van der Waals surface area contributed by atoms with E-state index in [0.717, 1.165) is 0 Å². The normalized spacial score (nSPS) is 10.5. The van der Waals surface area contributed by atoms with Crippen LogP contribution < -0.4 is 0 Å². The summed E-state index contributed by atoms with van der Waals surface area (Å²) in [6.45, 7) is 0. The van der Waals surface area contributed by atoms with Crippen molar-refractivity contribution >= 4 is 23.0 Å². The molecular formula is C9H7N3O4. The molecule has 2 rings (SSSR count). The minimum atomic E-state index is -1.21. The summed E-state index contributed by atoms with van der Waals surface area (Å²) >= 11 is 0. The molecule has 0 radical (unpaired) electrons. The molecule has 3 N–H and O–H groups in total. The molecule has 82 valence electrons. The van der Waals surface area contributed by atoms with Gasteiger partial charge >= 0.3 is 11.9 Å². The van der Waals surface area contributed by atoms with Crippen LogP contribution in [0.5, 0.6) is 0 Å². The number of carbonyl (C=O) groups is 2. The minimum absolute atomic E-state index is 0.117. The second kappa shape index (κ2) is 3.61. The number of carboxylic acids is 2. The quantitative estimate of drug-likeness (QED) is 0.685. The predicted octanol–water partition coefficient (Wildman–Crippen LogP) is 0.283. The lowest BCUT2D eigenvalue weighted by atomic mass is 10.0. The maximum Gasteiger partial charge on any atom is 0.338 e. The van der Waals surface area contributed by atoms with Gasteiger partial charge in [-0.05, 0) is 11.6 Å². The van der Waals surface area contributed by atoms with Crippen LogP contribution in [0.1, 0.15) is 15.9 Å². The van der Waals surface area contributed by atoms with Gasteiger partial charge in [0.25, 0.3) is 0 Å². The van der Waals surface area contributed by atoms with E-state index < -0.39 is 11.9 Å². The summed E-state index contributed by atoms with van der Waals surface area (Å²) in [6.07, 6.45) is -0.357. The molecule has 0 spiro atoms. The van der Waals surface area contributed by atoms with Gasteiger partial charge < -0.3 is 10.2 Å². The van der Waals surface area contributed by atoms with E-state index in [0.29, 0.717) is 5.52 Å². The van der Waals surface area contributed by atoms with Gasteiger partial charge in [-0.2, -0.15) is 15.4 Å². The van der Waals surface area contributed by atoms with Crippen LogP contribution in [0.4, 0.5) is 0 Å². The molecule has 0 saturated heterocycles. The van der Waals surface area contributed by atoms with Crippen LogP contribution >= 0.6 is 0 Å². The van der Waals surface area contributed by atoms with Gasteiger partial charge in [-0.1, -0.05) is 6.07 Å². The van der Waals surface area contributed by atoms with E-state index in [1.807, 2.05) is 0 Å². The number of fused-ring (bicyclic) bond motifs is 1. The van der Waals surface area contributed by atoms with Crippen LogP contribution in [0.25, 0.3) is 11.0 Å². The molecule has 1 aromatic carbocycles. The zero-order valence-corrected chi connectivity index (χ0v) is 7.97. The molecule has 16 heavy (non-hydrogen) atoms. The lowest BCUT2D eigenvalue weighted by Crippen LogP contribution is -2.08. The van der Waals surface area contributed by atoms with Crippen molar-refractivity contribution in [1.29, 1.82) is 0 Å². The van der Waals surface area contributed by atoms with Gasteiger partial charge in [-0.3, -0.25) is 4.79 Å². The highest BCUT2D eigenvalue weighted by molar-refractivity contribution is 6.02. The molecule has 0 bridgehead atoms. The summed E-state index contributed by atoms with van der Waals surface area (Å²) in [4.78, 5) is 21.6. The number of rotatable bonds is 3. The molecule has 0 unspecified atom stereocenters. The van der Waals surface area contributed by atoms with Gasteiger partial charge in [0.15, 0.2) is 0 Å². The number of benzene rings is 1. The molecule has 0 saturated carbocycles. The summed E-state index contributed by atoms with van der Waals surface area (Å²) in [6, 6.07) is 2.96. The lowest BCUT2D eigenvalue weighted by Gasteiger charge is -2.02. The largest absolute Gasteiger partial charge is 0.481 e. The summed E-state index contributed by atoms with van der Waals surface area (Å²) in [5.74, 6) is -2.30. The number of aromatic carboxylic acids is 1. The first-order valence-electron chi connectivity index (χ1n) is 4.37. The van der Waals surface area contributed by atoms with Crippen LogP contribution in [-0.2, 0) is 11.2 Å². The Hall–Kier alpha value is -2.44. The molecular weight excluding hydrogens is 214 g/mol. The van der Waals surface area contributed by atoms with E-state index in [9.17, 15) is 9.59 Å². The molecule has 0 amide bonds. The summed E-state index contributed by atoms with van der Waals surface area (Å²) in [7, 11) is 0. The summed E-state index contributed by atoms with van der Waals surface area (Å²) in [5, 5.41) is 27.4. The van der Waals surface area contributed by atoms with E-state index in [1.165, 1.54) is 12.1 Å². The number of aliphatic carboxylic acids is 1. The average Bonchev–Trinajstić information content (AvgIpc) is 2.63. The molecule has 0 aliphatic heterocycles. The van der Waals surface area contributed by atoms with Crippen molar-refractivity contribution in [1.82, 2.24) is 15.4 Å². The third-order valence-corrected chi connectivity index (χ3v) is 2.13.